The van der Waals surface area contributed by atoms with Gasteiger partial charge in [0, 0.05) is 28.7 Å². The van der Waals surface area contributed by atoms with Crippen molar-refractivity contribution in [3.63, 3.8) is 0 Å². The van der Waals surface area contributed by atoms with Crippen LogP contribution in [0.3, 0.4) is 0 Å². The Morgan fingerprint density at radius 2 is 2.12 bits per heavy atom. The Balaban J connectivity index is 1.60. The van der Waals surface area contributed by atoms with Crippen LogP contribution in [0.5, 0.6) is 0 Å². The van der Waals surface area contributed by atoms with Crippen molar-refractivity contribution in [3.05, 3.63) is 64.1 Å². The van der Waals surface area contributed by atoms with E-state index >= 15 is 0 Å². The normalized spacial score (nSPS) is 16.8. The van der Waals surface area contributed by atoms with Crippen molar-refractivity contribution >= 4 is 23.2 Å². The van der Waals surface area contributed by atoms with Crippen LogP contribution < -0.4 is 5.73 Å². The number of hydrogen-bond donors (Lipinski definition) is 2. The summed E-state index contributed by atoms with van der Waals surface area (Å²) >= 11 is 1.37. The molecule has 3 N–H and O–H groups in total. The number of carbonyl (C=O) groups is 2. The highest BCUT2D eigenvalue weighted by Gasteiger charge is 2.32. The molecule has 1 unspecified atom stereocenters. The molecule has 1 aliphatic rings. The predicted octanol–water partition coefficient (Wildman–Crippen LogP) is 3.21. The number of aromatic amines is 1. The third-order valence-corrected chi connectivity index (χ3v) is 5.85. The first-order valence-electron chi connectivity index (χ1n) is 8.43. The maximum absolute atomic E-state index is 13.1. The van der Waals surface area contributed by atoms with E-state index in [9.17, 15) is 9.59 Å². The van der Waals surface area contributed by atoms with Crippen LogP contribution in [0.25, 0.3) is 11.1 Å². The van der Waals surface area contributed by atoms with Gasteiger partial charge in [-0.05, 0) is 42.7 Å². The summed E-state index contributed by atoms with van der Waals surface area (Å²) in [4.78, 5) is 27.9. The average Bonchev–Trinajstić information content (AvgIpc) is 3.41. The third kappa shape index (κ3) is 3.01. The van der Waals surface area contributed by atoms with Crippen molar-refractivity contribution in [2.75, 3.05) is 6.54 Å². The zero-order chi connectivity index (χ0) is 18.1. The van der Waals surface area contributed by atoms with Crippen molar-refractivity contribution in [1.82, 2.24) is 15.1 Å². The molecule has 3 aromatic rings. The number of thiophene rings is 1. The van der Waals surface area contributed by atoms with Crippen LogP contribution in [0.4, 0.5) is 0 Å². The van der Waals surface area contributed by atoms with Gasteiger partial charge in [0.15, 0.2) is 0 Å². The number of primary amides is 1. The van der Waals surface area contributed by atoms with E-state index in [1.807, 2.05) is 35.2 Å². The zero-order valence-corrected chi connectivity index (χ0v) is 14.8. The molecule has 26 heavy (non-hydrogen) atoms. The van der Waals surface area contributed by atoms with Crippen molar-refractivity contribution < 1.29 is 9.59 Å². The van der Waals surface area contributed by atoms with E-state index in [2.05, 4.69) is 10.2 Å². The van der Waals surface area contributed by atoms with Crippen LogP contribution >= 0.6 is 11.3 Å². The molecule has 0 spiro atoms. The van der Waals surface area contributed by atoms with Crippen molar-refractivity contribution in [1.29, 1.82) is 0 Å². The Hall–Kier alpha value is -2.93. The van der Waals surface area contributed by atoms with E-state index in [0.29, 0.717) is 17.0 Å². The molecule has 1 saturated heterocycles. The lowest BCUT2D eigenvalue weighted by atomic mass is 10.0. The van der Waals surface area contributed by atoms with Crippen molar-refractivity contribution in [2.24, 2.45) is 5.73 Å². The molecular weight excluding hydrogens is 348 g/mol. The molecule has 132 valence electrons. The lowest BCUT2D eigenvalue weighted by Gasteiger charge is -2.24. The Kier molecular flexibility index (Phi) is 4.30. The van der Waals surface area contributed by atoms with Gasteiger partial charge in [-0.25, -0.2) is 0 Å². The molecule has 2 aromatic heterocycles. The highest BCUT2D eigenvalue weighted by Crippen LogP contribution is 2.37. The van der Waals surface area contributed by atoms with Gasteiger partial charge in [-0.2, -0.15) is 5.10 Å². The van der Waals surface area contributed by atoms with Crippen LogP contribution in [-0.4, -0.2) is 33.5 Å². The second kappa shape index (κ2) is 6.76. The minimum Gasteiger partial charge on any atom is -0.365 e. The molecule has 0 aliphatic carbocycles. The number of nitrogens with zero attached hydrogens (tertiary/aromatic N) is 2. The number of benzene rings is 1. The molecule has 7 heteroatoms. The SMILES string of the molecule is NC(=O)c1ccc(C2CCCN2C(=O)c2cccc(-c3cn[nH]c3)c2)s1. The minimum atomic E-state index is -0.426. The van der Waals surface area contributed by atoms with Gasteiger partial charge in [0.25, 0.3) is 11.8 Å². The molecule has 3 heterocycles. The van der Waals surface area contributed by atoms with Crippen LogP contribution in [0.15, 0.2) is 48.8 Å². The Bertz CT molecular complexity index is 948. The number of nitrogens with two attached hydrogens (primary N) is 1. The molecule has 1 aliphatic heterocycles. The smallest absolute Gasteiger partial charge is 0.258 e. The molecule has 1 aromatic carbocycles. The van der Waals surface area contributed by atoms with Gasteiger partial charge in [-0.1, -0.05) is 12.1 Å². The summed E-state index contributed by atoms with van der Waals surface area (Å²) in [7, 11) is 0. The van der Waals surface area contributed by atoms with Gasteiger partial charge in [0.1, 0.15) is 0 Å². The number of amides is 2. The molecular formula is C19H18N4O2S. The molecule has 2 amide bonds. The average molecular weight is 366 g/mol. The molecule has 6 nitrogen and oxygen atoms in total. The van der Waals surface area contributed by atoms with Crippen LogP contribution in [0.1, 0.15) is 43.8 Å². The topological polar surface area (TPSA) is 92.1 Å². The summed E-state index contributed by atoms with van der Waals surface area (Å²) in [5.74, 6) is -0.420. The first-order chi connectivity index (χ1) is 12.6. The summed E-state index contributed by atoms with van der Waals surface area (Å²) in [6, 6.07) is 11.2. The first-order valence-corrected chi connectivity index (χ1v) is 9.25. The minimum absolute atomic E-state index is 0.00168. The monoisotopic (exact) mass is 366 g/mol. The summed E-state index contributed by atoms with van der Waals surface area (Å²) in [5.41, 5.74) is 7.91. The maximum atomic E-state index is 13.1. The van der Waals surface area contributed by atoms with E-state index in [1.165, 1.54) is 11.3 Å². The van der Waals surface area contributed by atoms with Gasteiger partial charge in [-0.3, -0.25) is 14.7 Å². The van der Waals surface area contributed by atoms with Crippen LogP contribution in [0.2, 0.25) is 0 Å². The Labute approximate surface area is 154 Å². The number of rotatable bonds is 4. The maximum Gasteiger partial charge on any atom is 0.258 e. The lowest BCUT2D eigenvalue weighted by Crippen LogP contribution is -2.30. The highest BCUT2D eigenvalue weighted by molar-refractivity contribution is 7.14. The summed E-state index contributed by atoms with van der Waals surface area (Å²) in [6.07, 6.45) is 5.38. The van der Waals surface area contributed by atoms with E-state index < -0.39 is 5.91 Å². The molecule has 0 bridgehead atoms. The fourth-order valence-electron chi connectivity index (χ4n) is 3.38. The van der Waals surface area contributed by atoms with Gasteiger partial charge < -0.3 is 10.6 Å². The Morgan fingerprint density at radius 1 is 1.23 bits per heavy atom. The number of nitrogens with one attached hydrogen (secondary N) is 1. The fourth-order valence-corrected chi connectivity index (χ4v) is 4.38. The van der Waals surface area contributed by atoms with E-state index in [-0.39, 0.29) is 11.9 Å². The summed E-state index contributed by atoms with van der Waals surface area (Å²) < 4.78 is 0. The second-order valence-corrected chi connectivity index (χ2v) is 7.41. The lowest BCUT2D eigenvalue weighted by molar-refractivity contribution is 0.0737. The van der Waals surface area contributed by atoms with E-state index in [1.54, 1.807) is 18.5 Å². The zero-order valence-electron chi connectivity index (χ0n) is 14.0. The summed E-state index contributed by atoms with van der Waals surface area (Å²) in [6.45, 7) is 0.712. The molecule has 0 saturated carbocycles. The largest absolute Gasteiger partial charge is 0.365 e. The number of hydrogen-bond acceptors (Lipinski definition) is 4. The van der Waals surface area contributed by atoms with Gasteiger partial charge in [0.05, 0.1) is 17.1 Å². The van der Waals surface area contributed by atoms with Crippen molar-refractivity contribution in [3.8, 4) is 11.1 Å². The molecule has 0 radical (unpaired) electrons. The van der Waals surface area contributed by atoms with Crippen LogP contribution in [0, 0.1) is 0 Å². The van der Waals surface area contributed by atoms with Crippen LogP contribution in [-0.2, 0) is 0 Å². The van der Waals surface area contributed by atoms with E-state index in [0.717, 1.165) is 28.8 Å². The first kappa shape index (κ1) is 16.5. The summed E-state index contributed by atoms with van der Waals surface area (Å²) in [5, 5.41) is 6.75. The van der Waals surface area contributed by atoms with E-state index in [4.69, 9.17) is 5.73 Å². The second-order valence-electron chi connectivity index (χ2n) is 6.29. The number of likely N-dealkylation sites (tertiary alicyclic amines) is 1. The number of carbonyl (C=O) groups excluding carboxylic acids is 2. The standard InChI is InChI=1S/C19H18N4O2S/c20-18(24)17-7-6-16(26-17)15-5-2-8-23(15)19(25)13-4-1-3-12(9-13)14-10-21-22-11-14/h1,3-4,6-7,9-11,15H,2,5,8H2,(H2,20,24)(H,21,22). The van der Waals surface area contributed by atoms with Gasteiger partial charge >= 0.3 is 0 Å². The predicted molar refractivity (Wildman–Crippen MR) is 99.9 cm³/mol. The van der Waals surface area contributed by atoms with Gasteiger partial charge in [-0.15, -0.1) is 11.3 Å². The number of H-pyrrole nitrogens is 1. The number of aromatic nitrogens is 2. The molecule has 1 fully saturated rings. The quantitative estimate of drug-likeness (QED) is 0.742. The fraction of sp³-hybridized carbons (Fsp3) is 0.211. The Morgan fingerprint density at radius 3 is 2.85 bits per heavy atom. The molecule has 4 rings (SSSR count). The van der Waals surface area contributed by atoms with Crippen molar-refractivity contribution in [2.45, 2.75) is 18.9 Å². The highest BCUT2D eigenvalue weighted by atomic mass is 32.1. The van der Waals surface area contributed by atoms with Gasteiger partial charge in [0.2, 0.25) is 0 Å². The molecule has 1 atom stereocenters. The third-order valence-electron chi connectivity index (χ3n) is 4.65.